The van der Waals surface area contributed by atoms with E-state index in [4.69, 9.17) is 11.6 Å². The first-order valence-electron chi connectivity index (χ1n) is 6.17. The number of thiophene rings is 1. The van der Waals surface area contributed by atoms with E-state index in [9.17, 15) is 0 Å². The molecule has 2 aromatic rings. The van der Waals surface area contributed by atoms with Gasteiger partial charge in [0.05, 0.1) is 6.04 Å². The number of aryl methyl sites for hydroxylation is 2. The molecule has 0 spiro atoms. The first-order chi connectivity index (χ1) is 8.61. The van der Waals surface area contributed by atoms with Crippen LogP contribution >= 0.6 is 22.9 Å². The van der Waals surface area contributed by atoms with E-state index in [1.807, 2.05) is 23.5 Å². The average Bonchev–Trinajstić information content (AvgIpc) is 2.67. The second-order valence-electron chi connectivity index (χ2n) is 4.45. The molecule has 2 rings (SSSR count). The van der Waals surface area contributed by atoms with Crippen LogP contribution in [0.3, 0.4) is 0 Å². The molecule has 1 aromatic carbocycles. The minimum Gasteiger partial charge on any atom is -0.306 e. The third kappa shape index (κ3) is 2.94. The smallest absolute Gasteiger partial charge is 0.0673 e. The van der Waals surface area contributed by atoms with Crippen molar-refractivity contribution in [3.8, 4) is 0 Å². The highest BCUT2D eigenvalue weighted by Gasteiger charge is 2.17. The maximum atomic E-state index is 5.96. The van der Waals surface area contributed by atoms with Crippen molar-refractivity contribution in [3.05, 3.63) is 56.2 Å². The normalized spacial score (nSPS) is 12.7. The monoisotopic (exact) mass is 279 g/mol. The molecule has 1 N–H and O–H groups in total. The van der Waals surface area contributed by atoms with Crippen LogP contribution in [-0.2, 0) is 0 Å². The second-order valence-corrected chi connectivity index (χ2v) is 6.17. The molecule has 1 heterocycles. The minimum absolute atomic E-state index is 0.269. The lowest BCUT2D eigenvalue weighted by molar-refractivity contribution is 0.637. The SMILES string of the molecule is CCNC(c1ccc(Cl)cc1)c1sc(C)cc1C. The van der Waals surface area contributed by atoms with Gasteiger partial charge in [-0.05, 0) is 49.7 Å². The topological polar surface area (TPSA) is 12.0 Å². The Bertz CT molecular complexity index is 516. The van der Waals surface area contributed by atoms with E-state index in [1.165, 1.54) is 20.9 Å². The van der Waals surface area contributed by atoms with Gasteiger partial charge < -0.3 is 5.32 Å². The molecule has 1 aromatic heterocycles. The fourth-order valence-corrected chi connectivity index (χ4v) is 3.43. The summed E-state index contributed by atoms with van der Waals surface area (Å²) in [6, 6.07) is 10.6. The van der Waals surface area contributed by atoms with E-state index in [2.05, 4.69) is 44.3 Å². The van der Waals surface area contributed by atoms with Crippen molar-refractivity contribution in [3.63, 3.8) is 0 Å². The Labute approximate surface area is 118 Å². The maximum absolute atomic E-state index is 5.96. The van der Waals surface area contributed by atoms with Crippen molar-refractivity contribution in [1.29, 1.82) is 0 Å². The van der Waals surface area contributed by atoms with Crippen molar-refractivity contribution < 1.29 is 0 Å². The molecule has 1 unspecified atom stereocenters. The van der Waals surface area contributed by atoms with Gasteiger partial charge in [-0.15, -0.1) is 11.3 Å². The molecule has 0 radical (unpaired) electrons. The highest BCUT2D eigenvalue weighted by atomic mass is 35.5. The number of halogens is 1. The van der Waals surface area contributed by atoms with Crippen LogP contribution in [0.5, 0.6) is 0 Å². The van der Waals surface area contributed by atoms with Gasteiger partial charge in [-0.3, -0.25) is 0 Å². The zero-order chi connectivity index (χ0) is 13.1. The zero-order valence-electron chi connectivity index (χ0n) is 11.0. The fraction of sp³-hybridized carbons (Fsp3) is 0.333. The van der Waals surface area contributed by atoms with Crippen LogP contribution in [-0.4, -0.2) is 6.54 Å². The van der Waals surface area contributed by atoms with Crippen LogP contribution in [0.2, 0.25) is 5.02 Å². The summed E-state index contributed by atoms with van der Waals surface area (Å²) in [5, 5.41) is 4.34. The Morgan fingerprint density at radius 2 is 1.89 bits per heavy atom. The highest BCUT2D eigenvalue weighted by Crippen LogP contribution is 2.32. The van der Waals surface area contributed by atoms with E-state index in [1.54, 1.807) is 0 Å². The van der Waals surface area contributed by atoms with E-state index in [0.29, 0.717) is 0 Å². The van der Waals surface area contributed by atoms with Crippen LogP contribution < -0.4 is 5.32 Å². The second kappa shape index (κ2) is 5.87. The molecule has 0 amide bonds. The van der Waals surface area contributed by atoms with Crippen molar-refractivity contribution in [1.82, 2.24) is 5.32 Å². The van der Waals surface area contributed by atoms with E-state index < -0.39 is 0 Å². The summed E-state index contributed by atoms with van der Waals surface area (Å²) in [6.45, 7) is 7.42. The lowest BCUT2D eigenvalue weighted by Gasteiger charge is -2.18. The van der Waals surface area contributed by atoms with Crippen molar-refractivity contribution in [2.24, 2.45) is 0 Å². The zero-order valence-corrected chi connectivity index (χ0v) is 12.5. The first kappa shape index (κ1) is 13.6. The van der Waals surface area contributed by atoms with Gasteiger partial charge >= 0.3 is 0 Å². The lowest BCUT2D eigenvalue weighted by atomic mass is 10.0. The molecule has 1 atom stereocenters. The predicted molar refractivity (Wildman–Crippen MR) is 80.8 cm³/mol. The lowest BCUT2D eigenvalue weighted by Crippen LogP contribution is -2.21. The number of rotatable bonds is 4. The molecule has 0 fully saturated rings. The van der Waals surface area contributed by atoms with Gasteiger partial charge in [0.25, 0.3) is 0 Å². The van der Waals surface area contributed by atoms with Gasteiger partial charge in [0, 0.05) is 14.8 Å². The van der Waals surface area contributed by atoms with Gasteiger partial charge in [-0.1, -0.05) is 30.7 Å². The molecule has 0 aliphatic heterocycles. The van der Waals surface area contributed by atoms with Gasteiger partial charge in [0.15, 0.2) is 0 Å². The van der Waals surface area contributed by atoms with E-state index >= 15 is 0 Å². The van der Waals surface area contributed by atoms with Crippen LogP contribution in [0.15, 0.2) is 30.3 Å². The largest absolute Gasteiger partial charge is 0.306 e. The highest BCUT2D eigenvalue weighted by molar-refractivity contribution is 7.12. The Balaban J connectivity index is 2.39. The van der Waals surface area contributed by atoms with Crippen LogP contribution in [0.1, 0.15) is 33.8 Å². The third-order valence-corrected chi connectivity index (χ3v) is 4.42. The molecule has 3 heteroatoms. The summed E-state index contributed by atoms with van der Waals surface area (Å²) in [7, 11) is 0. The van der Waals surface area contributed by atoms with Gasteiger partial charge in [0.2, 0.25) is 0 Å². The summed E-state index contributed by atoms with van der Waals surface area (Å²) in [5.41, 5.74) is 2.63. The molecule has 18 heavy (non-hydrogen) atoms. The van der Waals surface area contributed by atoms with Gasteiger partial charge in [-0.25, -0.2) is 0 Å². The average molecular weight is 280 g/mol. The summed E-state index contributed by atoms with van der Waals surface area (Å²) in [4.78, 5) is 2.76. The molecule has 0 aliphatic carbocycles. The summed E-state index contributed by atoms with van der Waals surface area (Å²) < 4.78 is 0. The van der Waals surface area contributed by atoms with Crippen LogP contribution in [0.25, 0.3) is 0 Å². The molecule has 0 bridgehead atoms. The van der Waals surface area contributed by atoms with Crippen molar-refractivity contribution >= 4 is 22.9 Å². The molecule has 1 nitrogen and oxygen atoms in total. The Morgan fingerprint density at radius 1 is 1.22 bits per heavy atom. The van der Waals surface area contributed by atoms with Crippen LogP contribution in [0.4, 0.5) is 0 Å². The number of hydrogen-bond acceptors (Lipinski definition) is 2. The Morgan fingerprint density at radius 3 is 2.39 bits per heavy atom. The Hall–Kier alpha value is -0.830. The molecule has 0 aliphatic rings. The third-order valence-electron chi connectivity index (χ3n) is 2.95. The van der Waals surface area contributed by atoms with E-state index in [0.717, 1.165) is 11.6 Å². The van der Waals surface area contributed by atoms with Gasteiger partial charge in [0.1, 0.15) is 0 Å². The number of benzene rings is 1. The van der Waals surface area contributed by atoms with Crippen LogP contribution in [0, 0.1) is 13.8 Å². The van der Waals surface area contributed by atoms with Crippen molar-refractivity contribution in [2.75, 3.05) is 6.54 Å². The van der Waals surface area contributed by atoms with Crippen molar-refractivity contribution in [2.45, 2.75) is 26.8 Å². The predicted octanol–water partition coefficient (Wildman–Crippen LogP) is 4.72. The number of hydrogen-bond donors (Lipinski definition) is 1. The standard InChI is InChI=1S/C15H18ClNS/c1-4-17-14(12-5-7-13(16)8-6-12)15-10(2)9-11(3)18-15/h5-9,14,17H,4H2,1-3H3. The molecule has 0 saturated heterocycles. The maximum Gasteiger partial charge on any atom is 0.0673 e. The fourth-order valence-electron chi connectivity index (χ4n) is 2.17. The molecule has 96 valence electrons. The summed E-state index contributed by atoms with van der Waals surface area (Å²) in [6.07, 6.45) is 0. The number of nitrogens with one attached hydrogen (secondary N) is 1. The Kier molecular flexibility index (Phi) is 4.44. The minimum atomic E-state index is 0.269. The summed E-state index contributed by atoms with van der Waals surface area (Å²) in [5.74, 6) is 0. The first-order valence-corrected chi connectivity index (χ1v) is 7.37. The summed E-state index contributed by atoms with van der Waals surface area (Å²) >= 11 is 7.82. The molecular weight excluding hydrogens is 262 g/mol. The van der Waals surface area contributed by atoms with E-state index in [-0.39, 0.29) is 6.04 Å². The molecular formula is C15H18ClNS. The molecule has 0 saturated carbocycles. The van der Waals surface area contributed by atoms with Gasteiger partial charge in [-0.2, -0.15) is 0 Å². The quantitative estimate of drug-likeness (QED) is 0.854.